The number of benzene rings is 1. The van der Waals surface area contributed by atoms with Gasteiger partial charge in [-0.3, -0.25) is 0 Å². The van der Waals surface area contributed by atoms with Gasteiger partial charge in [0.1, 0.15) is 11.3 Å². The molecule has 1 N–H and O–H groups in total. The van der Waals surface area contributed by atoms with Crippen molar-refractivity contribution in [3.63, 3.8) is 0 Å². The van der Waals surface area contributed by atoms with E-state index in [2.05, 4.69) is 31.3 Å². The van der Waals surface area contributed by atoms with Gasteiger partial charge in [-0.2, -0.15) is 0 Å². The van der Waals surface area contributed by atoms with Crippen LogP contribution in [0, 0.1) is 12.8 Å². The number of fused-ring (bicyclic) bond motifs is 1. The molecule has 2 heterocycles. The average molecular weight is 336 g/mol. The molecule has 1 aromatic heterocycles. The molecule has 6 heteroatoms. The second kappa shape index (κ2) is 6.26. The molecular weight excluding hydrogens is 312 g/mol. The maximum atomic E-state index is 11.6. The van der Waals surface area contributed by atoms with E-state index in [0.29, 0.717) is 25.7 Å². The van der Waals surface area contributed by atoms with Gasteiger partial charge in [-0.15, -0.1) is 0 Å². The van der Waals surface area contributed by atoms with Gasteiger partial charge in [0.25, 0.3) is 0 Å². The SMILES string of the molecule is Cc1ccc2oc(CN[C@H]3CCN(S(C)(=O)=O)C[C@H]3C)cc2c1. The van der Waals surface area contributed by atoms with E-state index >= 15 is 0 Å². The summed E-state index contributed by atoms with van der Waals surface area (Å²) < 4.78 is 30.7. The normalized spacial score (nSPS) is 23.4. The predicted molar refractivity (Wildman–Crippen MR) is 91.8 cm³/mol. The molecule has 2 atom stereocenters. The molecule has 2 aromatic rings. The van der Waals surface area contributed by atoms with Crippen LogP contribution in [0.15, 0.2) is 28.7 Å². The Balaban J connectivity index is 1.61. The molecule has 1 fully saturated rings. The van der Waals surface area contributed by atoms with Crippen molar-refractivity contribution in [2.45, 2.75) is 32.9 Å². The summed E-state index contributed by atoms with van der Waals surface area (Å²) in [5, 5.41) is 4.65. The summed E-state index contributed by atoms with van der Waals surface area (Å²) in [5.41, 5.74) is 2.13. The third kappa shape index (κ3) is 3.76. The maximum Gasteiger partial charge on any atom is 0.211 e. The highest BCUT2D eigenvalue weighted by molar-refractivity contribution is 7.88. The van der Waals surface area contributed by atoms with Crippen molar-refractivity contribution in [3.8, 4) is 0 Å². The molecule has 0 spiro atoms. The van der Waals surface area contributed by atoms with Crippen molar-refractivity contribution in [1.82, 2.24) is 9.62 Å². The van der Waals surface area contributed by atoms with Gasteiger partial charge in [0, 0.05) is 24.5 Å². The highest BCUT2D eigenvalue weighted by Gasteiger charge is 2.30. The summed E-state index contributed by atoms with van der Waals surface area (Å²) in [6.45, 7) is 6.00. The van der Waals surface area contributed by atoms with Crippen molar-refractivity contribution in [3.05, 3.63) is 35.6 Å². The van der Waals surface area contributed by atoms with E-state index < -0.39 is 10.0 Å². The number of nitrogens with one attached hydrogen (secondary N) is 1. The van der Waals surface area contributed by atoms with Crippen LogP contribution in [0.25, 0.3) is 11.0 Å². The van der Waals surface area contributed by atoms with E-state index in [1.165, 1.54) is 11.8 Å². The zero-order valence-electron chi connectivity index (χ0n) is 13.9. The zero-order valence-corrected chi connectivity index (χ0v) is 14.7. The number of sulfonamides is 1. The van der Waals surface area contributed by atoms with Crippen molar-refractivity contribution in [2.24, 2.45) is 5.92 Å². The van der Waals surface area contributed by atoms with Gasteiger partial charge < -0.3 is 9.73 Å². The molecule has 3 rings (SSSR count). The quantitative estimate of drug-likeness (QED) is 0.932. The summed E-state index contributed by atoms with van der Waals surface area (Å²) in [5.74, 6) is 1.20. The minimum absolute atomic E-state index is 0.282. The average Bonchev–Trinajstić information content (AvgIpc) is 2.86. The lowest BCUT2D eigenvalue weighted by atomic mass is 9.95. The highest BCUT2D eigenvalue weighted by Crippen LogP contribution is 2.22. The molecule has 126 valence electrons. The van der Waals surface area contributed by atoms with E-state index in [0.717, 1.165) is 23.2 Å². The first-order chi connectivity index (χ1) is 10.8. The molecule has 23 heavy (non-hydrogen) atoms. The monoisotopic (exact) mass is 336 g/mol. The topological polar surface area (TPSA) is 62.6 Å². The standard InChI is InChI=1S/C17H24N2O3S/c1-12-4-5-17-14(8-12)9-15(22-17)10-18-16-6-7-19(11-13(16)2)23(3,20)21/h4-5,8-9,13,16,18H,6-7,10-11H2,1-3H3/t13-,16+/m1/s1. The lowest BCUT2D eigenvalue weighted by Crippen LogP contribution is -2.49. The van der Waals surface area contributed by atoms with Crippen LogP contribution in [0.2, 0.25) is 0 Å². The second-order valence-electron chi connectivity index (χ2n) is 6.63. The molecule has 1 saturated heterocycles. The minimum atomic E-state index is -3.08. The molecule has 0 amide bonds. The van der Waals surface area contributed by atoms with Crippen molar-refractivity contribution >= 4 is 21.0 Å². The van der Waals surface area contributed by atoms with Gasteiger partial charge in [0.2, 0.25) is 10.0 Å². The summed E-state index contributed by atoms with van der Waals surface area (Å²) >= 11 is 0. The van der Waals surface area contributed by atoms with Crippen LogP contribution in [0.3, 0.4) is 0 Å². The molecule has 1 aliphatic rings. The second-order valence-corrected chi connectivity index (χ2v) is 8.61. The fourth-order valence-corrected chi connectivity index (χ4v) is 4.19. The molecule has 1 aromatic carbocycles. The Kier molecular flexibility index (Phi) is 4.49. The minimum Gasteiger partial charge on any atom is -0.460 e. The molecule has 0 saturated carbocycles. The van der Waals surface area contributed by atoms with Crippen LogP contribution in [-0.4, -0.2) is 38.1 Å². The van der Waals surface area contributed by atoms with E-state index in [9.17, 15) is 8.42 Å². The Hall–Kier alpha value is -1.37. The molecule has 5 nitrogen and oxygen atoms in total. The largest absolute Gasteiger partial charge is 0.460 e. The summed E-state index contributed by atoms with van der Waals surface area (Å²) in [4.78, 5) is 0. The molecule has 0 bridgehead atoms. The van der Waals surface area contributed by atoms with Crippen LogP contribution in [0.5, 0.6) is 0 Å². The fourth-order valence-electron chi connectivity index (χ4n) is 3.25. The Morgan fingerprint density at radius 3 is 2.83 bits per heavy atom. The van der Waals surface area contributed by atoms with E-state index in [-0.39, 0.29) is 5.92 Å². The van der Waals surface area contributed by atoms with Gasteiger partial charge in [-0.05, 0) is 37.5 Å². The lowest BCUT2D eigenvalue weighted by Gasteiger charge is -2.35. The highest BCUT2D eigenvalue weighted by atomic mass is 32.2. The molecule has 0 unspecified atom stereocenters. The van der Waals surface area contributed by atoms with Crippen LogP contribution < -0.4 is 5.32 Å². The predicted octanol–water partition coefficient (Wildman–Crippen LogP) is 2.50. The summed E-state index contributed by atoms with van der Waals surface area (Å²) in [6.07, 6.45) is 2.11. The number of hydrogen-bond donors (Lipinski definition) is 1. The van der Waals surface area contributed by atoms with Crippen LogP contribution >= 0.6 is 0 Å². The lowest BCUT2D eigenvalue weighted by molar-refractivity contribution is 0.217. The number of aryl methyl sites for hydroxylation is 1. The van der Waals surface area contributed by atoms with E-state index in [1.54, 1.807) is 4.31 Å². The molecule has 1 aliphatic heterocycles. The van der Waals surface area contributed by atoms with E-state index in [1.807, 2.05) is 12.1 Å². The first kappa shape index (κ1) is 16.5. The fraction of sp³-hybridized carbons (Fsp3) is 0.529. The number of piperidine rings is 1. The third-order valence-electron chi connectivity index (χ3n) is 4.60. The van der Waals surface area contributed by atoms with Gasteiger partial charge in [0.15, 0.2) is 0 Å². The molecule has 0 aliphatic carbocycles. The first-order valence-electron chi connectivity index (χ1n) is 8.00. The molecular formula is C17H24N2O3S. The van der Waals surface area contributed by atoms with Gasteiger partial charge in [-0.1, -0.05) is 18.6 Å². The van der Waals surface area contributed by atoms with Crippen LogP contribution in [-0.2, 0) is 16.6 Å². The first-order valence-corrected chi connectivity index (χ1v) is 9.85. The van der Waals surface area contributed by atoms with Crippen LogP contribution in [0.1, 0.15) is 24.7 Å². The van der Waals surface area contributed by atoms with Crippen molar-refractivity contribution in [1.29, 1.82) is 0 Å². The van der Waals surface area contributed by atoms with Crippen LogP contribution in [0.4, 0.5) is 0 Å². The number of nitrogens with zero attached hydrogens (tertiary/aromatic N) is 1. The van der Waals surface area contributed by atoms with Gasteiger partial charge in [-0.25, -0.2) is 12.7 Å². The zero-order chi connectivity index (χ0) is 16.6. The number of rotatable bonds is 4. The number of hydrogen-bond acceptors (Lipinski definition) is 4. The van der Waals surface area contributed by atoms with Crippen molar-refractivity contribution in [2.75, 3.05) is 19.3 Å². The third-order valence-corrected chi connectivity index (χ3v) is 5.87. The maximum absolute atomic E-state index is 11.6. The Bertz CT molecular complexity index is 797. The Morgan fingerprint density at radius 2 is 2.13 bits per heavy atom. The van der Waals surface area contributed by atoms with Gasteiger partial charge in [0.05, 0.1) is 12.8 Å². The van der Waals surface area contributed by atoms with E-state index in [4.69, 9.17) is 4.42 Å². The molecule has 0 radical (unpaired) electrons. The summed E-state index contributed by atoms with van der Waals surface area (Å²) in [7, 11) is -3.08. The number of furan rings is 1. The Morgan fingerprint density at radius 1 is 1.35 bits per heavy atom. The Labute approximate surface area is 137 Å². The smallest absolute Gasteiger partial charge is 0.211 e. The van der Waals surface area contributed by atoms with Gasteiger partial charge >= 0.3 is 0 Å². The summed E-state index contributed by atoms with van der Waals surface area (Å²) in [6, 6.07) is 8.55. The van der Waals surface area contributed by atoms with Crippen molar-refractivity contribution < 1.29 is 12.8 Å².